The summed E-state index contributed by atoms with van der Waals surface area (Å²) in [4.78, 5) is 18.4. The highest BCUT2D eigenvalue weighted by Gasteiger charge is 2.25. The molecule has 0 aliphatic carbocycles. The van der Waals surface area contributed by atoms with Gasteiger partial charge in [-0.1, -0.05) is 0 Å². The molecule has 1 fully saturated rings. The van der Waals surface area contributed by atoms with Gasteiger partial charge in [0.25, 0.3) is 5.91 Å². The van der Waals surface area contributed by atoms with Gasteiger partial charge in [0.05, 0.1) is 11.7 Å². The molecule has 0 aromatic carbocycles. The second-order valence-corrected chi connectivity index (χ2v) is 4.62. The number of carbonyl (C=O) groups is 1. The largest absolute Gasteiger partial charge is 0.387 e. The van der Waals surface area contributed by atoms with Crippen LogP contribution in [0.4, 0.5) is 5.69 Å². The number of anilines is 1. The smallest absolute Gasteiger partial charge is 0.257 e. The first-order valence-corrected chi connectivity index (χ1v) is 6.79. The van der Waals surface area contributed by atoms with Crippen LogP contribution in [0.25, 0.3) is 0 Å². The standard InChI is InChI=1S/C14H21N3O2/c1-3-19-11-5-8-17(9-6-11)14(18)12-10-16-7-4-13(12)15-2/h4,7,10-11H,3,5-6,8-9H2,1-2H3,(H,15,16). The topological polar surface area (TPSA) is 54.5 Å². The Hall–Kier alpha value is -1.62. The first-order chi connectivity index (χ1) is 9.26. The molecule has 0 bridgehead atoms. The lowest BCUT2D eigenvalue weighted by Gasteiger charge is -2.32. The number of nitrogens with one attached hydrogen (secondary N) is 1. The molecule has 1 aliphatic rings. The maximum absolute atomic E-state index is 12.4. The van der Waals surface area contributed by atoms with Crippen LogP contribution in [-0.4, -0.2) is 48.6 Å². The lowest BCUT2D eigenvalue weighted by molar-refractivity contribution is 0.0146. The van der Waals surface area contributed by atoms with Gasteiger partial charge in [-0.15, -0.1) is 0 Å². The minimum absolute atomic E-state index is 0.0485. The highest BCUT2D eigenvalue weighted by Crippen LogP contribution is 2.19. The second-order valence-electron chi connectivity index (χ2n) is 4.62. The molecular formula is C14H21N3O2. The highest BCUT2D eigenvalue weighted by atomic mass is 16.5. The van der Waals surface area contributed by atoms with Gasteiger partial charge in [0.2, 0.25) is 0 Å². The summed E-state index contributed by atoms with van der Waals surface area (Å²) in [5.74, 6) is 0.0485. The van der Waals surface area contributed by atoms with Crippen molar-refractivity contribution in [2.45, 2.75) is 25.9 Å². The number of carbonyl (C=O) groups excluding carboxylic acids is 1. The molecular weight excluding hydrogens is 242 g/mol. The molecule has 1 aromatic heterocycles. The predicted molar refractivity (Wildman–Crippen MR) is 74.3 cm³/mol. The molecule has 1 N–H and O–H groups in total. The van der Waals surface area contributed by atoms with Crippen molar-refractivity contribution >= 4 is 11.6 Å². The molecule has 5 heteroatoms. The third kappa shape index (κ3) is 3.23. The Morgan fingerprint density at radius 1 is 1.53 bits per heavy atom. The van der Waals surface area contributed by atoms with Crippen molar-refractivity contribution in [3.05, 3.63) is 24.0 Å². The molecule has 1 aliphatic heterocycles. The van der Waals surface area contributed by atoms with Crippen molar-refractivity contribution < 1.29 is 9.53 Å². The van der Waals surface area contributed by atoms with E-state index in [1.807, 2.05) is 24.9 Å². The van der Waals surface area contributed by atoms with Crippen LogP contribution >= 0.6 is 0 Å². The van der Waals surface area contributed by atoms with Crippen molar-refractivity contribution in [3.63, 3.8) is 0 Å². The van der Waals surface area contributed by atoms with E-state index in [2.05, 4.69) is 10.3 Å². The number of nitrogens with zero attached hydrogens (tertiary/aromatic N) is 2. The predicted octanol–water partition coefficient (Wildman–Crippen LogP) is 1.76. The van der Waals surface area contributed by atoms with Gasteiger partial charge in [0.1, 0.15) is 0 Å². The van der Waals surface area contributed by atoms with Crippen LogP contribution in [0.1, 0.15) is 30.1 Å². The summed E-state index contributed by atoms with van der Waals surface area (Å²) in [6.45, 7) is 4.25. The minimum Gasteiger partial charge on any atom is -0.387 e. The van der Waals surface area contributed by atoms with E-state index in [0.717, 1.165) is 38.2 Å². The number of aromatic nitrogens is 1. The Kier molecular flexibility index (Phi) is 4.74. The van der Waals surface area contributed by atoms with E-state index in [1.165, 1.54) is 0 Å². The van der Waals surface area contributed by atoms with Crippen molar-refractivity contribution in [1.29, 1.82) is 0 Å². The van der Waals surface area contributed by atoms with Crippen molar-refractivity contribution in [1.82, 2.24) is 9.88 Å². The fourth-order valence-electron chi connectivity index (χ4n) is 2.41. The second kappa shape index (κ2) is 6.52. The third-order valence-corrected chi connectivity index (χ3v) is 3.45. The third-order valence-electron chi connectivity index (χ3n) is 3.45. The van der Waals surface area contributed by atoms with E-state index in [9.17, 15) is 4.79 Å². The zero-order chi connectivity index (χ0) is 13.7. The fourth-order valence-corrected chi connectivity index (χ4v) is 2.41. The fraction of sp³-hybridized carbons (Fsp3) is 0.571. The van der Waals surface area contributed by atoms with Crippen LogP contribution in [0, 0.1) is 0 Å². The van der Waals surface area contributed by atoms with Gasteiger partial charge in [-0.25, -0.2) is 0 Å². The summed E-state index contributed by atoms with van der Waals surface area (Å²) in [5.41, 5.74) is 1.46. The van der Waals surface area contributed by atoms with Crippen LogP contribution in [-0.2, 0) is 4.74 Å². The normalized spacial score (nSPS) is 16.4. The van der Waals surface area contributed by atoms with Gasteiger partial charge in [-0.2, -0.15) is 0 Å². The molecule has 19 heavy (non-hydrogen) atoms. The summed E-state index contributed by atoms with van der Waals surface area (Å²) in [6.07, 6.45) is 5.43. The van der Waals surface area contributed by atoms with Gasteiger partial charge in [-0.3, -0.25) is 9.78 Å². The van der Waals surface area contributed by atoms with E-state index < -0.39 is 0 Å². The summed E-state index contributed by atoms with van der Waals surface area (Å²) in [7, 11) is 1.81. The maximum Gasteiger partial charge on any atom is 0.257 e. The lowest BCUT2D eigenvalue weighted by atomic mass is 10.1. The van der Waals surface area contributed by atoms with Crippen LogP contribution in [0.2, 0.25) is 0 Å². The number of hydrogen-bond donors (Lipinski definition) is 1. The Morgan fingerprint density at radius 3 is 2.89 bits per heavy atom. The van der Waals surface area contributed by atoms with Crippen LogP contribution < -0.4 is 5.32 Å². The molecule has 0 saturated carbocycles. The maximum atomic E-state index is 12.4. The summed E-state index contributed by atoms with van der Waals surface area (Å²) < 4.78 is 5.60. The van der Waals surface area contributed by atoms with Crippen molar-refractivity contribution in [2.24, 2.45) is 0 Å². The molecule has 2 rings (SSSR count). The molecule has 0 spiro atoms. The quantitative estimate of drug-likeness (QED) is 0.899. The molecule has 1 amide bonds. The van der Waals surface area contributed by atoms with E-state index >= 15 is 0 Å². The Labute approximate surface area is 114 Å². The van der Waals surface area contributed by atoms with Crippen molar-refractivity contribution in [2.75, 3.05) is 32.1 Å². The molecule has 0 radical (unpaired) electrons. The molecule has 0 unspecified atom stereocenters. The molecule has 1 aromatic rings. The van der Waals surface area contributed by atoms with Crippen LogP contribution in [0.3, 0.4) is 0 Å². The van der Waals surface area contributed by atoms with Gasteiger partial charge < -0.3 is 15.0 Å². The lowest BCUT2D eigenvalue weighted by Crippen LogP contribution is -2.41. The molecule has 0 atom stereocenters. The van der Waals surface area contributed by atoms with Crippen molar-refractivity contribution in [3.8, 4) is 0 Å². The van der Waals surface area contributed by atoms with E-state index in [1.54, 1.807) is 12.4 Å². The SMILES string of the molecule is CCOC1CCN(C(=O)c2cnccc2NC)CC1. The van der Waals surface area contributed by atoms with Crippen LogP contribution in [0.15, 0.2) is 18.5 Å². The molecule has 104 valence electrons. The number of rotatable bonds is 4. The Bertz CT molecular complexity index is 428. The molecule has 2 heterocycles. The number of ether oxygens (including phenoxy) is 1. The number of hydrogen-bond acceptors (Lipinski definition) is 4. The van der Waals surface area contributed by atoms with E-state index in [-0.39, 0.29) is 5.91 Å². The average Bonchev–Trinajstić information content (AvgIpc) is 2.47. The monoisotopic (exact) mass is 263 g/mol. The zero-order valence-electron chi connectivity index (χ0n) is 11.6. The minimum atomic E-state index is 0.0485. The Balaban J connectivity index is 2.01. The summed E-state index contributed by atoms with van der Waals surface area (Å²) in [5, 5.41) is 3.03. The first kappa shape index (κ1) is 13.8. The summed E-state index contributed by atoms with van der Waals surface area (Å²) in [6, 6.07) is 1.82. The Morgan fingerprint density at radius 2 is 2.26 bits per heavy atom. The highest BCUT2D eigenvalue weighted by molar-refractivity contribution is 5.99. The number of pyridine rings is 1. The molecule has 5 nitrogen and oxygen atoms in total. The van der Waals surface area contributed by atoms with Gasteiger partial charge in [0, 0.05) is 44.8 Å². The summed E-state index contributed by atoms with van der Waals surface area (Å²) >= 11 is 0. The zero-order valence-corrected chi connectivity index (χ0v) is 11.6. The number of likely N-dealkylation sites (tertiary alicyclic amines) is 1. The van der Waals surface area contributed by atoms with E-state index in [4.69, 9.17) is 4.74 Å². The van der Waals surface area contributed by atoms with Crippen LogP contribution in [0.5, 0.6) is 0 Å². The van der Waals surface area contributed by atoms with E-state index in [0.29, 0.717) is 11.7 Å². The number of amides is 1. The van der Waals surface area contributed by atoms with Gasteiger partial charge in [-0.05, 0) is 25.8 Å². The average molecular weight is 263 g/mol. The number of piperidine rings is 1. The van der Waals surface area contributed by atoms with Gasteiger partial charge >= 0.3 is 0 Å². The van der Waals surface area contributed by atoms with Gasteiger partial charge in [0.15, 0.2) is 0 Å². The molecule has 1 saturated heterocycles. The first-order valence-electron chi connectivity index (χ1n) is 6.79.